The Kier molecular flexibility index (Phi) is 2.93. The van der Waals surface area contributed by atoms with Crippen molar-refractivity contribution in [2.75, 3.05) is 6.54 Å². The van der Waals surface area contributed by atoms with Gasteiger partial charge in [-0.1, -0.05) is 18.2 Å². The number of nitrogens with one attached hydrogen (secondary N) is 1. The number of aromatic nitrogens is 2. The van der Waals surface area contributed by atoms with E-state index in [-0.39, 0.29) is 0 Å². The number of hydrogen-bond acceptors (Lipinski definition) is 4. The zero-order chi connectivity index (χ0) is 9.80. The Hall–Kier alpha value is -1.16. The third-order valence-electron chi connectivity index (χ3n) is 2.33. The monoisotopic (exact) mass is 193 g/mol. The summed E-state index contributed by atoms with van der Waals surface area (Å²) in [7, 11) is 0. The first-order valence-corrected chi connectivity index (χ1v) is 5.13. The standard InChI is InChI=1S/C10H15N3O/c1-2-3-6-9-12-10(13-14-9)8-5-4-7-11-8/h3,6,8,11H,2,4-5,7H2,1H3/b6-3+. The van der Waals surface area contributed by atoms with Crippen molar-refractivity contribution in [1.82, 2.24) is 15.5 Å². The van der Waals surface area contributed by atoms with Gasteiger partial charge in [-0.3, -0.25) is 0 Å². The van der Waals surface area contributed by atoms with E-state index in [0.717, 1.165) is 25.2 Å². The maximum Gasteiger partial charge on any atom is 0.250 e. The van der Waals surface area contributed by atoms with Crippen molar-refractivity contribution < 1.29 is 4.52 Å². The molecule has 1 aliphatic rings. The summed E-state index contributed by atoms with van der Waals surface area (Å²) < 4.78 is 5.09. The lowest BCUT2D eigenvalue weighted by atomic mass is 10.2. The molecule has 0 radical (unpaired) electrons. The Bertz CT molecular complexity index is 313. The molecular weight excluding hydrogens is 178 g/mol. The first kappa shape index (κ1) is 9.40. The molecule has 1 unspecified atom stereocenters. The van der Waals surface area contributed by atoms with Gasteiger partial charge in [0.2, 0.25) is 5.89 Å². The fourth-order valence-electron chi connectivity index (χ4n) is 1.58. The minimum Gasteiger partial charge on any atom is -0.335 e. The Labute approximate surface area is 83.4 Å². The topological polar surface area (TPSA) is 51.0 Å². The van der Waals surface area contributed by atoms with Crippen LogP contribution in [0.15, 0.2) is 10.6 Å². The average molecular weight is 193 g/mol. The largest absolute Gasteiger partial charge is 0.335 e. The summed E-state index contributed by atoms with van der Waals surface area (Å²) in [5, 5.41) is 7.28. The second-order valence-corrected chi connectivity index (χ2v) is 3.45. The van der Waals surface area contributed by atoms with E-state index in [1.807, 2.05) is 12.2 Å². The van der Waals surface area contributed by atoms with Gasteiger partial charge in [0.05, 0.1) is 6.04 Å². The first-order chi connectivity index (χ1) is 6.90. The number of allylic oxidation sites excluding steroid dienone is 1. The first-order valence-electron chi connectivity index (χ1n) is 5.13. The van der Waals surface area contributed by atoms with Gasteiger partial charge in [-0.05, 0) is 31.9 Å². The highest BCUT2D eigenvalue weighted by Crippen LogP contribution is 2.20. The van der Waals surface area contributed by atoms with Gasteiger partial charge in [0.25, 0.3) is 0 Å². The van der Waals surface area contributed by atoms with Crippen molar-refractivity contribution in [3.8, 4) is 0 Å². The lowest BCUT2D eigenvalue weighted by molar-refractivity contribution is 0.395. The quantitative estimate of drug-likeness (QED) is 0.796. The minimum atomic E-state index is 0.294. The normalized spacial score (nSPS) is 22.2. The van der Waals surface area contributed by atoms with Crippen LogP contribution in [-0.4, -0.2) is 16.7 Å². The lowest BCUT2D eigenvalue weighted by Crippen LogP contribution is -2.14. The van der Waals surface area contributed by atoms with Gasteiger partial charge < -0.3 is 9.84 Å². The molecule has 14 heavy (non-hydrogen) atoms. The highest BCUT2D eigenvalue weighted by atomic mass is 16.5. The molecule has 1 aromatic rings. The van der Waals surface area contributed by atoms with Crippen LogP contribution >= 0.6 is 0 Å². The van der Waals surface area contributed by atoms with E-state index in [1.54, 1.807) is 0 Å². The van der Waals surface area contributed by atoms with Crippen molar-refractivity contribution in [3.05, 3.63) is 17.8 Å². The van der Waals surface area contributed by atoms with Crippen molar-refractivity contribution in [1.29, 1.82) is 0 Å². The molecule has 1 aromatic heterocycles. The van der Waals surface area contributed by atoms with E-state index in [2.05, 4.69) is 22.4 Å². The molecule has 1 aliphatic heterocycles. The molecule has 1 fully saturated rings. The van der Waals surface area contributed by atoms with Crippen LogP contribution in [0.5, 0.6) is 0 Å². The molecule has 4 heteroatoms. The van der Waals surface area contributed by atoms with Crippen LogP contribution in [0.4, 0.5) is 0 Å². The Morgan fingerprint density at radius 3 is 3.29 bits per heavy atom. The molecule has 0 spiro atoms. The molecule has 0 bridgehead atoms. The van der Waals surface area contributed by atoms with Crippen molar-refractivity contribution in [2.24, 2.45) is 0 Å². The molecule has 1 atom stereocenters. The molecule has 2 heterocycles. The SMILES string of the molecule is CC/C=C/c1nc(C2CCCN2)no1. The maximum atomic E-state index is 5.09. The summed E-state index contributed by atoms with van der Waals surface area (Å²) >= 11 is 0. The van der Waals surface area contributed by atoms with E-state index >= 15 is 0 Å². The number of hydrogen-bond donors (Lipinski definition) is 1. The van der Waals surface area contributed by atoms with Crippen molar-refractivity contribution >= 4 is 6.08 Å². The Morgan fingerprint density at radius 1 is 1.64 bits per heavy atom. The molecule has 0 aliphatic carbocycles. The second kappa shape index (κ2) is 4.37. The molecular formula is C10H15N3O. The van der Waals surface area contributed by atoms with E-state index in [1.165, 1.54) is 6.42 Å². The zero-order valence-corrected chi connectivity index (χ0v) is 8.36. The summed E-state index contributed by atoms with van der Waals surface area (Å²) in [5.41, 5.74) is 0. The molecule has 4 nitrogen and oxygen atoms in total. The summed E-state index contributed by atoms with van der Waals surface area (Å²) in [6.07, 6.45) is 7.17. The molecule has 1 N–H and O–H groups in total. The number of nitrogens with zero attached hydrogens (tertiary/aromatic N) is 2. The predicted octanol–water partition coefficient (Wildman–Crippen LogP) is 1.92. The molecule has 1 saturated heterocycles. The second-order valence-electron chi connectivity index (χ2n) is 3.45. The van der Waals surface area contributed by atoms with Gasteiger partial charge in [-0.25, -0.2) is 0 Å². The average Bonchev–Trinajstić information content (AvgIpc) is 2.85. The third-order valence-corrected chi connectivity index (χ3v) is 2.33. The predicted molar refractivity (Wildman–Crippen MR) is 53.6 cm³/mol. The minimum absolute atomic E-state index is 0.294. The lowest BCUT2D eigenvalue weighted by Gasteiger charge is -2.01. The van der Waals surface area contributed by atoms with Crippen LogP contribution in [-0.2, 0) is 0 Å². The van der Waals surface area contributed by atoms with Crippen LogP contribution in [0.2, 0.25) is 0 Å². The third kappa shape index (κ3) is 2.01. The van der Waals surface area contributed by atoms with Gasteiger partial charge >= 0.3 is 0 Å². The Balaban J connectivity index is 2.05. The van der Waals surface area contributed by atoms with E-state index < -0.39 is 0 Å². The summed E-state index contributed by atoms with van der Waals surface area (Å²) in [4.78, 5) is 4.30. The van der Waals surface area contributed by atoms with Crippen molar-refractivity contribution in [3.63, 3.8) is 0 Å². The van der Waals surface area contributed by atoms with Crippen LogP contribution in [0, 0.1) is 0 Å². The number of rotatable bonds is 3. The molecule has 0 amide bonds. The van der Waals surface area contributed by atoms with Crippen molar-refractivity contribution in [2.45, 2.75) is 32.2 Å². The van der Waals surface area contributed by atoms with Crippen LogP contribution in [0.3, 0.4) is 0 Å². The maximum absolute atomic E-state index is 5.09. The fourth-order valence-corrected chi connectivity index (χ4v) is 1.58. The smallest absolute Gasteiger partial charge is 0.250 e. The fraction of sp³-hybridized carbons (Fsp3) is 0.600. The summed E-state index contributed by atoms with van der Waals surface area (Å²) in [6.45, 7) is 3.13. The Morgan fingerprint density at radius 2 is 2.57 bits per heavy atom. The van der Waals surface area contributed by atoms with E-state index in [9.17, 15) is 0 Å². The van der Waals surface area contributed by atoms with Gasteiger partial charge in [0.1, 0.15) is 0 Å². The molecule has 0 saturated carbocycles. The van der Waals surface area contributed by atoms with Crippen LogP contribution in [0.1, 0.15) is 43.9 Å². The molecule has 76 valence electrons. The van der Waals surface area contributed by atoms with Gasteiger partial charge in [0.15, 0.2) is 5.82 Å². The summed E-state index contributed by atoms with van der Waals surface area (Å²) in [5.74, 6) is 1.40. The zero-order valence-electron chi connectivity index (χ0n) is 8.36. The van der Waals surface area contributed by atoms with Gasteiger partial charge in [0, 0.05) is 0 Å². The van der Waals surface area contributed by atoms with E-state index in [4.69, 9.17) is 4.52 Å². The van der Waals surface area contributed by atoms with E-state index in [0.29, 0.717) is 11.9 Å². The highest BCUT2D eigenvalue weighted by molar-refractivity contribution is 5.36. The van der Waals surface area contributed by atoms with Gasteiger partial charge in [-0.2, -0.15) is 4.98 Å². The van der Waals surface area contributed by atoms with Crippen LogP contribution in [0.25, 0.3) is 6.08 Å². The molecule has 2 rings (SSSR count). The van der Waals surface area contributed by atoms with Gasteiger partial charge in [-0.15, -0.1) is 0 Å². The van der Waals surface area contributed by atoms with Crippen LogP contribution < -0.4 is 5.32 Å². The molecule has 0 aromatic carbocycles. The summed E-state index contributed by atoms with van der Waals surface area (Å²) in [6, 6.07) is 0.294. The highest BCUT2D eigenvalue weighted by Gasteiger charge is 2.20.